The zero-order valence-electron chi connectivity index (χ0n) is 18.3. The minimum Gasteiger partial charge on any atom is -0.355 e. The molecule has 0 saturated carbocycles. The van der Waals surface area contributed by atoms with E-state index in [4.69, 9.17) is 15.1 Å². The fourth-order valence-corrected chi connectivity index (χ4v) is 3.99. The first kappa shape index (κ1) is 21.1. The van der Waals surface area contributed by atoms with Crippen molar-refractivity contribution in [1.82, 2.24) is 9.78 Å². The second-order valence-electron chi connectivity index (χ2n) is 9.37. The van der Waals surface area contributed by atoms with Gasteiger partial charge < -0.3 is 10.1 Å². The van der Waals surface area contributed by atoms with Gasteiger partial charge in [0, 0.05) is 23.1 Å². The van der Waals surface area contributed by atoms with Crippen LogP contribution in [0, 0.1) is 22.7 Å². The molecule has 1 amide bonds. The Kier molecular flexibility index (Phi) is 5.79. The van der Waals surface area contributed by atoms with E-state index in [2.05, 4.69) is 17.5 Å². The van der Waals surface area contributed by atoms with Gasteiger partial charge in [-0.25, -0.2) is 4.68 Å². The highest BCUT2D eigenvalue weighted by Gasteiger charge is 2.26. The molecule has 160 valence electrons. The second kappa shape index (κ2) is 8.52. The number of aromatic nitrogens is 2. The van der Waals surface area contributed by atoms with E-state index in [1.165, 1.54) is 0 Å². The van der Waals surface area contributed by atoms with Gasteiger partial charge in [-0.1, -0.05) is 51.1 Å². The maximum absolute atomic E-state index is 12.4. The second-order valence-corrected chi connectivity index (χ2v) is 9.37. The van der Waals surface area contributed by atoms with Gasteiger partial charge in [0.1, 0.15) is 5.69 Å². The van der Waals surface area contributed by atoms with Gasteiger partial charge in [0.2, 0.25) is 5.91 Å². The van der Waals surface area contributed by atoms with Crippen LogP contribution < -0.4 is 5.32 Å². The molecule has 3 aromatic rings. The van der Waals surface area contributed by atoms with Crippen molar-refractivity contribution in [3.63, 3.8) is 0 Å². The van der Waals surface area contributed by atoms with Gasteiger partial charge in [-0.3, -0.25) is 4.79 Å². The Bertz CT molecular complexity index is 1130. The van der Waals surface area contributed by atoms with Gasteiger partial charge in [0.15, 0.2) is 6.23 Å². The van der Waals surface area contributed by atoms with E-state index >= 15 is 0 Å². The Balaban J connectivity index is 1.65. The molecule has 0 spiro atoms. The van der Waals surface area contributed by atoms with Gasteiger partial charge in [-0.05, 0) is 36.5 Å². The third-order valence-electron chi connectivity index (χ3n) is 5.43. The lowest BCUT2D eigenvalue weighted by molar-refractivity contribution is -0.117. The Labute approximate surface area is 182 Å². The SMILES string of the molecule is CC(C)(C)CC(=O)Nc1cccc(-c2nn(C3CCC(C#N)CO3)c3ccccc23)c1. The van der Waals surface area contributed by atoms with Crippen LogP contribution in [0.4, 0.5) is 5.69 Å². The predicted octanol–water partition coefficient (Wildman–Crippen LogP) is 5.53. The van der Waals surface area contributed by atoms with Crippen LogP contribution in [0.2, 0.25) is 0 Å². The predicted molar refractivity (Wildman–Crippen MR) is 121 cm³/mol. The van der Waals surface area contributed by atoms with Crippen molar-refractivity contribution in [2.75, 3.05) is 11.9 Å². The number of amides is 1. The molecule has 4 rings (SSSR count). The first-order valence-electron chi connectivity index (χ1n) is 10.7. The fourth-order valence-electron chi connectivity index (χ4n) is 3.99. The standard InChI is InChI=1S/C25H28N4O2/c1-25(2,3)14-22(30)27-19-8-6-7-18(13-19)24-20-9-4-5-10-21(20)29(28-24)23-12-11-17(15-26)16-31-23/h4-10,13,17,23H,11-12,14,16H2,1-3H3,(H,27,30). The molecule has 1 saturated heterocycles. The number of carbonyl (C=O) groups excluding carboxylic acids is 1. The lowest BCUT2D eigenvalue weighted by Gasteiger charge is -2.26. The van der Waals surface area contributed by atoms with Crippen LogP contribution in [-0.4, -0.2) is 22.3 Å². The fraction of sp³-hybridized carbons (Fsp3) is 0.400. The van der Waals surface area contributed by atoms with Crippen molar-refractivity contribution in [2.24, 2.45) is 11.3 Å². The number of benzene rings is 2. The van der Waals surface area contributed by atoms with Crippen LogP contribution in [-0.2, 0) is 9.53 Å². The van der Waals surface area contributed by atoms with Crippen molar-refractivity contribution in [3.05, 3.63) is 48.5 Å². The molecule has 1 N–H and O–H groups in total. The molecular weight excluding hydrogens is 388 g/mol. The molecule has 2 unspecified atom stereocenters. The number of hydrogen-bond donors (Lipinski definition) is 1. The summed E-state index contributed by atoms with van der Waals surface area (Å²) in [5.41, 5.74) is 3.49. The monoisotopic (exact) mass is 416 g/mol. The molecule has 6 heteroatoms. The Morgan fingerprint density at radius 2 is 2.03 bits per heavy atom. The summed E-state index contributed by atoms with van der Waals surface area (Å²) in [7, 11) is 0. The molecule has 2 heterocycles. The summed E-state index contributed by atoms with van der Waals surface area (Å²) in [6.07, 6.45) is 1.84. The Hall–Kier alpha value is -3.17. The van der Waals surface area contributed by atoms with Crippen LogP contribution in [0.25, 0.3) is 22.2 Å². The number of nitrogens with zero attached hydrogens (tertiary/aromatic N) is 3. The van der Waals surface area contributed by atoms with Gasteiger partial charge in [0.05, 0.1) is 24.1 Å². The highest BCUT2D eigenvalue weighted by Crippen LogP contribution is 2.34. The number of nitriles is 1. The number of para-hydroxylation sites is 1. The van der Waals surface area contributed by atoms with E-state index in [1.54, 1.807) is 0 Å². The number of hydrogen-bond acceptors (Lipinski definition) is 4. The Morgan fingerprint density at radius 3 is 2.74 bits per heavy atom. The molecule has 0 bridgehead atoms. The van der Waals surface area contributed by atoms with Crippen molar-refractivity contribution in [1.29, 1.82) is 5.26 Å². The van der Waals surface area contributed by atoms with Gasteiger partial charge in [-0.2, -0.15) is 10.4 Å². The van der Waals surface area contributed by atoms with Crippen LogP contribution in [0.5, 0.6) is 0 Å². The summed E-state index contributed by atoms with van der Waals surface area (Å²) in [6.45, 7) is 6.58. The molecular formula is C25H28N4O2. The van der Waals surface area contributed by atoms with Gasteiger partial charge >= 0.3 is 0 Å². The third kappa shape index (κ3) is 4.78. The van der Waals surface area contributed by atoms with Crippen molar-refractivity contribution >= 4 is 22.5 Å². The number of fused-ring (bicyclic) bond motifs is 1. The van der Waals surface area contributed by atoms with Crippen molar-refractivity contribution < 1.29 is 9.53 Å². The molecule has 6 nitrogen and oxygen atoms in total. The maximum Gasteiger partial charge on any atom is 0.224 e. The molecule has 1 aliphatic heterocycles. The summed E-state index contributed by atoms with van der Waals surface area (Å²) < 4.78 is 7.90. The molecule has 1 aliphatic rings. The normalized spacial score (nSPS) is 19.2. The molecule has 2 aromatic carbocycles. The summed E-state index contributed by atoms with van der Waals surface area (Å²) in [5, 5.41) is 18.1. The summed E-state index contributed by atoms with van der Waals surface area (Å²) >= 11 is 0. The van der Waals surface area contributed by atoms with E-state index in [-0.39, 0.29) is 23.5 Å². The largest absolute Gasteiger partial charge is 0.355 e. The molecule has 1 fully saturated rings. The topological polar surface area (TPSA) is 79.9 Å². The third-order valence-corrected chi connectivity index (χ3v) is 5.43. The minimum atomic E-state index is -0.182. The van der Waals surface area contributed by atoms with E-state index in [1.807, 2.05) is 67.9 Å². The van der Waals surface area contributed by atoms with Crippen molar-refractivity contribution in [3.8, 4) is 17.3 Å². The van der Waals surface area contributed by atoms with E-state index in [0.717, 1.165) is 40.7 Å². The van der Waals surface area contributed by atoms with Crippen LogP contribution >= 0.6 is 0 Å². The maximum atomic E-state index is 12.4. The molecule has 31 heavy (non-hydrogen) atoms. The highest BCUT2D eigenvalue weighted by atomic mass is 16.5. The number of anilines is 1. The summed E-state index contributed by atoms with van der Waals surface area (Å²) in [5.74, 6) is -0.0476. The average Bonchev–Trinajstić information content (AvgIpc) is 3.12. The van der Waals surface area contributed by atoms with Crippen molar-refractivity contribution in [2.45, 2.75) is 46.3 Å². The first-order valence-corrected chi connectivity index (χ1v) is 10.7. The van der Waals surface area contributed by atoms with Crippen LogP contribution in [0.1, 0.15) is 46.3 Å². The molecule has 0 aliphatic carbocycles. The number of carbonyl (C=O) groups is 1. The van der Waals surface area contributed by atoms with Crippen LogP contribution in [0.3, 0.4) is 0 Å². The Morgan fingerprint density at radius 1 is 1.23 bits per heavy atom. The minimum absolute atomic E-state index is 0.00249. The first-order chi connectivity index (χ1) is 14.8. The summed E-state index contributed by atoms with van der Waals surface area (Å²) in [6, 6.07) is 18.2. The van der Waals surface area contributed by atoms with E-state index in [9.17, 15) is 4.79 Å². The lowest BCUT2D eigenvalue weighted by Crippen LogP contribution is -2.24. The zero-order valence-corrected chi connectivity index (χ0v) is 18.3. The zero-order chi connectivity index (χ0) is 22.0. The number of ether oxygens (including phenoxy) is 1. The lowest BCUT2D eigenvalue weighted by atomic mass is 9.92. The smallest absolute Gasteiger partial charge is 0.224 e. The van der Waals surface area contributed by atoms with E-state index in [0.29, 0.717) is 13.0 Å². The molecule has 1 aromatic heterocycles. The number of rotatable bonds is 4. The van der Waals surface area contributed by atoms with Gasteiger partial charge in [0.25, 0.3) is 0 Å². The number of nitrogens with one attached hydrogen (secondary N) is 1. The van der Waals surface area contributed by atoms with E-state index < -0.39 is 0 Å². The highest BCUT2D eigenvalue weighted by molar-refractivity contribution is 5.95. The quantitative estimate of drug-likeness (QED) is 0.607. The van der Waals surface area contributed by atoms with Crippen LogP contribution in [0.15, 0.2) is 48.5 Å². The van der Waals surface area contributed by atoms with Gasteiger partial charge in [-0.15, -0.1) is 0 Å². The molecule has 2 atom stereocenters. The average molecular weight is 417 g/mol. The summed E-state index contributed by atoms with van der Waals surface area (Å²) in [4.78, 5) is 12.4. The molecule has 0 radical (unpaired) electrons.